The number of piperazine rings is 1. The maximum absolute atomic E-state index is 13.6. The number of hydrogen-bond donors (Lipinski definition) is 1. The predicted molar refractivity (Wildman–Crippen MR) is 134 cm³/mol. The van der Waals surface area contributed by atoms with E-state index in [9.17, 15) is 14.4 Å². The molecule has 3 fully saturated rings. The van der Waals surface area contributed by atoms with Crippen LogP contribution < -0.4 is 10.2 Å². The summed E-state index contributed by atoms with van der Waals surface area (Å²) in [4.78, 5) is 45.4. The molecule has 0 bridgehead atoms. The first-order valence-corrected chi connectivity index (χ1v) is 13.4. The molecular weight excluding hydrogens is 452 g/mol. The molecule has 186 valence electrons. The number of likely N-dealkylation sites (N-methyl/N-ethyl adjacent to an activating group) is 1. The molecular formula is C25H36N4O4S. The number of carbonyl (C=O) groups excluding carboxylic acids is 3. The van der Waals surface area contributed by atoms with Gasteiger partial charge in [0.1, 0.15) is 18.7 Å². The minimum absolute atomic E-state index is 0.0518. The van der Waals surface area contributed by atoms with Crippen molar-refractivity contribution in [1.82, 2.24) is 15.1 Å². The number of carbonyl (C=O) groups is 3. The van der Waals surface area contributed by atoms with Crippen LogP contribution in [0, 0.1) is 5.92 Å². The summed E-state index contributed by atoms with van der Waals surface area (Å²) in [5.41, 5.74) is 1.63. The molecule has 9 heteroatoms. The van der Waals surface area contributed by atoms with Gasteiger partial charge >= 0.3 is 0 Å². The van der Waals surface area contributed by atoms with Gasteiger partial charge in [0.25, 0.3) is 5.91 Å². The maximum Gasteiger partial charge on any atom is 0.251 e. The van der Waals surface area contributed by atoms with Gasteiger partial charge in [0.05, 0.1) is 11.4 Å². The predicted octanol–water partition coefficient (Wildman–Crippen LogP) is 1.49. The van der Waals surface area contributed by atoms with E-state index in [-0.39, 0.29) is 41.5 Å². The van der Waals surface area contributed by atoms with Crippen LogP contribution in [0.3, 0.4) is 0 Å². The van der Waals surface area contributed by atoms with E-state index in [4.69, 9.17) is 4.74 Å². The zero-order chi connectivity index (χ0) is 24.4. The Balaban J connectivity index is 1.45. The third-order valence-electron chi connectivity index (χ3n) is 7.03. The number of ketones is 1. The van der Waals surface area contributed by atoms with E-state index in [0.29, 0.717) is 18.5 Å². The van der Waals surface area contributed by atoms with E-state index in [1.54, 1.807) is 16.7 Å². The summed E-state index contributed by atoms with van der Waals surface area (Å²) in [6.07, 6.45) is 2.22. The molecule has 0 unspecified atom stereocenters. The number of likely N-dealkylation sites (tertiary alicyclic amines) is 1. The highest BCUT2D eigenvalue weighted by molar-refractivity contribution is 7.99. The Kier molecular flexibility index (Phi) is 7.84. The average Bonchev–Trinajstić information content (AvgIpc) is 3.39. The summed E-state index contributed by atoms with van der Waals surface area (Å²) in [7, 11) is 2.12. The maximum atomic E-state index is 13.6. The molecule has 0 radical (unpaired) electrons. The second kappa shape index (κ2) is 10.7. The molecule has 2 amide bonds. The molecule has 0 aromatic heterocycles. The van der Waals surface area contributed by atoms with Crippen molar-refractivity contribution in [3.8, 4) is 0 Å². The number of ether oxygens (including phenoxy) is 1. The Hall–Kier alpha value is -2.10. The first-order chi connectivity index (χ1) is 16.3. The van der Waals surface area contributed by atoms with Crippen molar-refractivity contribution in [3.63, 3.8) is 0 Å². The summed E-state index contributed by atoms with van der Waals surface area (Å²) in [6, 6.07) is 6.37. The smallest absolute Gasteiger partial charge is 0.251 e. The van der Waals surface area contributed by atoms with Crippen LogP contribution >= 0.6 is 11.8 Å². The molecule has 8 nitrogen and oxygen atoms in total. The van der Waals surface area contributed by atoms with E-state index in [2.05, 4.69) is 22.2 Å². The zero-order valence-corrected chi connectivity index (χ0v) is 21.3. The minimum Gasteiger partial charge on any atom is -0.369 e. The third kappa shape index (κ3) is 5.26. The molecule has 0 spiro atoms. The average molecular weight is 489 g/mol. The lowest BCUT2D eigenvalue weighted by molar-refractivity contribution is -0.138. The molecule has 3 aliphatic heterocycles. The number of anilines is 1. The lowest BCUT2D eigenvalue weighted by Crippen LogP contribution is -2.52. The van der Waals surface area contributed by atoms with Crippen LogP contribution in [-0.4, -0.2) is 103 Å². The van der Waals surface area contributed by atoms with Gasteiger partial charge in [0.15, 0.2) is 5.78 Å². The number of amides is 2. The standard InChI is InChI=1S/C25H36N4O4S/c1-16(2)13-19(25(32)29-14-21(34-4)23-22(29)20(30)15-33-23)26-24(31)17-5-7-18(8-6-17)28-11-9-27(3)10-12-28/h5-8,16,19,21-23H,9-15H2,1-4H3,(H,26,31)/t19-,21-,22+,23+/m0/s1. The molecule has 1 aromatic rings. The highest BCUT2D eigenvalue weighted by Crippen LogP contribution is 2.34. The molecule has 0 aliphatic carbocycles. The van der Waals surface area contributed by atoms with E-state index >= 15 is 0 Å². The lowest BCUT2D eigenvalue weighted by atomic mass is 10.0. The van der Waals surface area contributed by atoms with Crippen LogP contribution in [-0.2, 0) is 14.3 Å². The highest BCUT2D eigenvalue weighted by atomic mass is 32.2. The first kappa shape index (κ1) is 25.0. The number of fused-ring (bicyclic) bond motifs is 1. The van der Waals surface area contributed by atoms with Gasteiger partial charge in [-0.25, -0.2) is 0 Å². The number of Topliss-reactive ketones (excluding diaryl/α,β-unsaturated/α-hetero) is 1. The van der Waals surface area contributed by atoms with Gasteiger partial charge in [-0.1, -0.05) is 13.8 Å². The molecule has 34 heavy (non-hydrogen) atoms. The van der Waals surface area contributed by atoms with E-state index < -0.39 is 12.1 Å². The highest BCUT2D eigenvalue weighted by Gasteiger charge is 2.52. The summed E-state index contributed by atoms with van der Waals surface area (Å²) < 4.78 is 5.69. The molecule has 3 heterocycles. The molecule has 3 saturated heterocycles. The number of rotatable bonds is 7. The SMILES string of the molecule is CS[C@H]1CN(C(=O)[C@H](CC(C)C)NC(=O)c2ccc(N3CCN(C)CC3)cc2)[C@@H]2C(=O)CO[C@H]12. The molecule has 1 aromatic carbocycles. The van der Waals surface area contributed by atoms with Crippen molar-refractivity contribution < 1.29 is 19.1 Å². The third-order valence-corrected chi connectivity index (χ3v) is 8.06. The Morgan fingerprint density at radius 3 is 2.44 bits per heavy atom. The first-order valence-electron chi connectivity index (χ1n) is 12.1. The van der Waals surface area contributed by atoms with Gasteiger partial charge in [0.2, 0.25) is 5.91 Å². The van der Waals surface area contributed by atoms with Crippen LogP contribution in [0.2, 0.25) is 0 Å². The largest absolute Gasteiger partial charge is 0.369 e. The number of nitrogens with one attached hydrogen (secondary N) is 1. The normalized spacial score (nSPS) is 26.1. The van der Waals surface area contributed by atoms with Crippen molar-refractivity contribution in [2.75, 3.05) is 57.5 Å². The molecule has 4 rings (SSSR count). The Bertz CT molecular complexity index is 901. The van der Waals surface area contributed by atoms with Crippen LogP contribution in [0.4, 0.5) is 5.69 Å². The van der Waals surface area contributed by atoms with Crippen molar-refractivity contribution in [1.29, 1.82) is 0 Å². The van der Waals surface area contributed by atoms with Crippen molar-refractivity contribution in [2.24, 2.45) is 5.92 Å². The fourth-order valence-corrected chi connectivity index (χ4v) is 5.88. The van der Waals surface area contributed by atoms with Crippen molar-refractivity contribution in [2.45, 2.75) is 43.7 Å². The fourth-order valence-electron chi connectivity index (χ4n) is 5.07. The monoisotopic (exact) mass is 488 g/mol. The number of thioether (sulfide) groups is 1. The number of hydrogen-bond acceptors (Lipinski definition) is 7. The Labute approximate surface area is 206 Å². The summed E-state index contributed by atoms with van der Waals surface area (Å²) in [6.45, 7) is 8.53. The molecule has 0 saturated carbocycles. The van der Waals surface area contributed by atoms with Gasteiger partial charge in [0, 0.05) is 44.0 Å². The molecule has 1 N–H and O–H groups in total. The second-order valence-electron chi connectivity index (χ2n) is 9.94. The second-order valence-corrected chi connectivity index (χ2v) is 11.0. The number of nitrogens with zero attached hydrogens (tertiary/aromatic N) is 3. The number of benzene rings is 1. The van der Waals surface area contributed by atoms with Gasteiger partial charge in [-0.15, -0.1) is 0 Å². The van der Waals surface area contributed by atoms with Crippen LogP contribution in [0.25, 0.3) is 0 Å². The Morgan fingerprint density at radius 2 is 1.82 bits per heavy atom. The lowest BCUT2D eigenvalue weighted by Gasteiger charge is -2.34. The van der Waals surface area contributed by atoms with Gasteiger partial charge in [-0.2, -0.15) is 11.8 Å². The summed E-state index contributed by atoms with van der Waals surface area (Å²) in [5.74, 6) is -0.306. The van der Waals surface area contributed by atoms with Crippen LogP contribution in [0.15, 0.2) is 24.3 Å². The summed E-state index contributed by atoms with van der Waals surface area (Å²) >= 11 is 1.62. The van der Waals surface area contributed by atoms with E-state index in [1.165, 1.54) is 0 Å². The quantitative estimate of drug-likeness (QED) is 0.623. The summed E-state index contributed by atoms with van der Waals surface area (Å²) in [5, 5.41) is 3.03. The van der Waals surface area contributed by atoms with Crippen LogP contribution in [0.1, 0.15) is 30.6 Å². The zero-order valence-electron chi connectivity index (χ0n) is 20.5. The van der Waals surface area contributed by atoms with Crippen molar-refractivity contribution in [3.05, 3.63) is 29.8 Å². The van der Waals surface area contributed by atoms with Gasteiger partial charge in [-0.3, -0.25) is 14.4 Å². The van der Waals surface area contributed by atoms with Crippen molar-refractivity contribution >= 4 is 35.0 Å². The minimum atomic E-state index is -0.681. The van der Waals surface area contributed by atoms with Gasteiger partial charge < -0.3 is 24.8 Å². The topological polar surface area (TPSA) is 82.2 Å². The van der Waals surface area contributed by atoms with Crippen LogP contribution in [0.5, 0.6) is 0 Å². The van der Waals surface area contributed by atoms with E-state index in [1.807, 2.05) is 44.4 Å². The van der Waals surface area contributed by atoms with Gasteiger partial charge in [-0.05, 0) is 49.9 Å². The molecule has 4 atom stereocenters. The fraction of sp³-hybridized carbons (Fsp3) is 0.640. The van der Waals surface area contributed by atoms with E-state index in [0.717, 1.165) is 31.9 Å². The molecule has 3 aliphatic rings. The Morgan fingerprint density at radius 1 is 1.15 bits per heavy atom.